The van der Waals surface area contributed by atoms with Gasteiger partial charge in [-0.05, 0) is 42.8 Å². The van der Waals surface area contributed by atoms with Gasteiger partial charge in [-0.25, -0.2) is 9.37 Å². The van der Waals surface area contributed by atoms with E-state index in [4.69, 9.17) is 9.47 Å². The summed E-state index contributed by atoms with van der Waals surface area (Å²) in [5.74, 6) is 0.660. The van der Waals surface area contributed by atoms with Crippen molar-refractivity contribution < 1.29 is 18.7 Å². The Balaban J connectivity index is 1.70. The molecular weight excluding hydrogens is 367 g/mol. The Morgan fingerprint density at radius 2 is 1.93 bits per heavy atom. The first kappa shape index (κ1) is 18.8. The Morgan fingerprint density at radius 3 is 2.63 bits per heavy atom. The molecule has 0 aliphatic carbocycles. The molecule has 0 spiro atoms. The van der Waals surface area contributed by atoms with Crippen molar-refractivity contribution in [1.82, 2.24) is 4.98 Å². The van der Waals surface area contributed by atoms with Gasteiger partial charge in [-0.15, -0.1) is 11.3 Å². The van der Waals surface area contributed by atoms with Crippen LogP contribution in [-0.4, -0.2) is 25.1 Å². The van der Waals surface area contributed by atoms with Crippen LogP contribution < -0.4 is 14.8 Å². The van der Waals surface area contributed by atoms with Gasteiger partial charge in [0.1, 0.15) is 10.8 Å². The average molecular weight is 386 g/mol. The fraction of sp³-hybridized carbons (Fsp3) is 0.200. The number of aryl methyl sites for hydroxylation is 1. The van der Waals surface area contributed by atoms with Gasteiger partial charge in [0.15, 0.2) is 11.5 Å². The molecule has 5 nitrogen and oxygen atoms in total. The minimum atomic E-state index is -0.350. The number of hydrogen-bond donors (Lipinski definition) is 1. The Bertz CT molecular complexity index is 972. The van der Waals surface area contributed by atoms with E-state index in [-0.39, 0.29) is 18.1 Å². The lowest BCUT2D eigenvalue weighted by Crippen LogP contribution is -2.14. The second-order valence-corrected chi connectivity index (χ2v) is 6.76. The molecule has 1 heterocycles. The van der Waals surface area contributed by atoms with E-state index in [1.807, 2.05) is 23.6 Å². The van der Waals surface area contributed by atoms with Crippen LogP contribution in [-0.2, 0) is 11.2 Å². The largest absolute Gasteiger partial charge is 0.493 e. The van der Waals surface area contributed by atoms with Gasteiger partial charge in [0.2, 0.25) is 5.91 Å². The lowest BCUT2D eigenvalue weighted by Gasteiger charge is -2.08. The van der Waals surface area contributed by atoms with Crippen molar-refractivity contribution in [1.29, 1.82) is 0 Å². The fourth-order valence-electron chi connectivity index (χ4n) is 2.53. The van der Waals surface area contributed by atoms with Crippen LogP contribution in [0.4, 0.5) is 10.1 Å². The second kappa shape index (κ2) is 8.18. The molecule has 3 rings (SSSR count). The number of halogens is 1. The molecule has 2 aromatic carbocycles. The molecule has 7 heteroatoms. The van der Waals surface area contributed by atoms with E-state index < -0.39 is 0 Å². The molecular formula is C20H19FN2O3S. The highest BCUT2D eigenvalue weighted by atomic mass is 32.1. The van der Waals surface area contributed by atoms with Crippen LogP contribution in [0, 0.1) is 12.7 Å². The van der Waals surface area contributed by atoms with Crippen molar-refractivity contribution in [3.63, 3.8) is 0 Å². The molecule has 1 amide bonds. The minimum absolute atomic E-state index is 0.110. The first-order valence-electron chi connectivity index (χ1n) is 8.23. The van der Waals surface area contributed by atoms with Gasteiger partial charge in [-0.2, -0.15) is 0 Å². The molecule has 0 saturated heterocycles. The number of carbonyl (C=O) groups is 1. The number of aromatic nitrogens is 1. The summed E-state index contributed by atoms with van der Waals surface area (Å²) < 4.78 is 24.1. The third kappa shape index (κ3) is 4.43. The summed E-state index contributed by atoms with van der Waals surface area (Å²) in [6.45, 7) is 1.67. The van der Waals surface area contributed by atoms with Crippen LogP contribution in [0.1, 0.15) is 11.3 Å². The van der Waals surface area contributed by atoms with Crippen LogP contribution in [0.15, 0.2) is 41.8 Å². The van der Waals surface area contributed by atoms with E-state index in [0.717, 1.165) is 10.6 Å². The van der Waals surface area contributed by atoms with E-state index in [1.165, 1.54) is 17.4 Å². The first-order valence-corrected chi connectivity index (χ1v) is 9.11. The van der Waals surface area contributed by atoms with E-state index in [0.29, 0.717) is 28.4 Å². The predicted octanol–water partition coefficient (Wildman–Crippen LogP) is 4.46. The first-order chi connectivity index (χ1) is 13.0. The van der Waals surface area contributed by atoms with Crippen LogP contribution in [0.5, 0.6) is 11.5 Å². The topological polar surface area (TPSA) is 60.5 Å². The number of hydrogen-bond acceptors (Lipinski definition) is 5. The summed E-state index contributed by atoms with van der Waals surface area (Å²) in [5, 5.41) is 5.30. The monoisotopic (exact) mass is 386 g/mol. The molecule has 1 aromatic heterocycles. The van der Waals surface area contributed by atoms with Crippen molar-refractivity contribution in [2.45, 2.75) is 13.3 Å². The predicted molar refractivity (Wildman–Crippen MR) is 104 cm³/mol. The van der Waals surface area contributed by atoms with E-state index in [9.17, 15) is 9.18 Å². The van der Waals surface area contributed by atoms with Crippen LogP contribution in [0.25, 0.3) is 10.6 Å². The minimum Gasteiger partial charge on any atom is -0.493 e. The highest BCUT2D eigenvalue weighted by Crippen LogP contribution is 2.33. The molecule has 140 valence electrons. The zero-order valence-electron chi connectivity index (χ0n) is 15.2. The number of benzene rings is 2. The molecule has 0 aliphatic rings. The molecule has 1 N–H and O–H groups in total. The molecule has 27 heavy (non-hydrogen) atoms. The molecule has 0 aliphatic heterocycles. The summed E-state index contributed by atoms with van der Waals surface area (Å²) in [6.07, 6.45) is 0.110. The SMILES string of the molecule is COc1ccc(-c2nc(CC(=O)Nc3ccc(C)c(F)c3)cs2)cc1OC. The quantitative estimate of drug-likeness (QED) is 0.680. The average Bonchev–Trinajstić information content (AvgIpc) is 3.12. The van der Waals surface area contributed by atoms with Gasteiger partial charge >= 0.3 is 0 Å². The Morgan fingerprint density at radius 1 is 1.15 bits per heavy atom. The molecule has 0 radical (unpaired) electrons. The number of thiazole rings is 1. The number of nitrogens with one attached hydrogen (secondary N) is 1. The summed E-state index contributed by atoms with van der Waals surface area (Å²) in [6, 6.07) is 10.2. The standard InChI is InChI=1S/C20H19FN2O3S/c1-12-4-6-14(9-16(12)21)22-19(24)10-15-11-27-20(23-15)13-5-7-17(25-2)18(8-13)26-3/h4-9,11H,10H2,1-3H3,(H,22,24). The van der Waals surface area contributed by atoms with Gasteiger partial charge in [0.05, 0.1) is 26.3 Å². The maximum absolute atomic E-state index is 13.6. The number of carbonyl (C=O) groups excluding carboxylic acids is 1. The van der Waals surface area contributed by atoms with Gasteiger partial charge in [-0.1, -0.05) is 6.07 Å². The second-order valence-electron chi connectivity index (χ2n) is 5.90. The Kier molecular flexibility index (Phi) is 5.71. The van der Waals surface area contributed by atoms with Crippen molar-refractivity contribution in [2.24, 2.45) is 0 Å². The third-order valence-corrected chi connectivity index (χ3v) is 4.92. The van der Waals surface area contributed by atoms with Crippen LogP contribution >= 0.6 is 11.3 Å². The highest BCUT2D eigenvalue weighted by Gasteiger charge is 2.12. The molecule has 0 atom stereocenters. The van der Waals surface area contributed by atoms with Gasteiger partial charge < -0.3 is 14.8 Å². The zero-order valence-corrected chi connectivity index (χ0v) is 16.0. The van der Waals surface area contributed by atoms with Crippen LogP contribution in [0.3, 0.4) is 0 Å². The Labute approximate surface area is 160 Å². The summed E-state index contributed by atoms with van der Waals surface area (Å²) >= 11 is 1.44. The molecule has 0 saturated carbocycles. The molecule has 0 unspecified atom stereocenters. The van der Waals surface area contributed by atoms with Crippen molar-refractivity contribution in [3.05, 3.63) is 58.9 Å². The maximum Gasteiger partial charge on any atom is 0.230 e. The van der Waals surface area contributed by atoms with E-state index in [1.54, 1.807) is 33.3 Å². The lowest BCUT2D eigenvalue weighted by molar-refractivity contribution is -0.115. The summed E-state index contributed by atoms with van der Waals surface area (Å²) in [4.78, 5) is 16.7. The van der Waals surface area contributed by atoms with E-state index in [2.05, 4.69) is 10.3 Å². The molecule has 0 bridgehead atoms. The number of amides is 1. The normalized spacial score (nSPS) is 10.5. The number of ether oxygens (including phenoxy) is 2. The number of methoxy groups -OCH3 is 2. The zero-order chi connectivity index (χ0) is 19.4. The molecule has 0 fully saturated rings. The van der Waals surface area contributed by atoms with Crippen LogP contribution in [0.2, 0.25) is 0 Å². The smallest absolute Gasteiger partial charge is 0.230 e. The fourth-order valence-corrected chi connectivity index (χ4v) is 3.35. The lowest BCUT2D eigenvalue weighted by atomic mass is 10.2. The third-order valence-electron chi connectivity index (χ3n) is 3.98. The molecule has 3 aromatic rings. The van der Waals surface area contributed by atoms with Gasteiger partial charge in [-0.3, -0.25) is 4.79 Å². The Hall–Kier alpha value is -2.93. The van der Waals surface area contributed by atoms with Crippen molar-refractivity contribution >= 4 is 22.9 Å². The van der Waals surface area contributed by atoms with Crippen molar-refractivity contribution in [3.8, 4) is 22.1 Å². The van der Waals surface area contributed by atoms with Gasteiger partial charge in [0.25, 0.3) is 0 Å². The maximum atomic E-state index is 13.6. The number of anilines is 1. The van der Waals surface area contributed by atoms with E-state index >= 15 is 0 Å². The summed E-state index contributed by atoms with van der Waals surface area (Å²) in [7, 11) is 3.16. The van der Waals surface area contributed by atoms with Crippen molar-refractivity contribution in [2.75, 3.05) is 19.5 Å². The summed E-state index contributed by atoms with van der Waals surface area (Å²) in [5.41, 5.74) is 2.49. The number of nitrogens with zero attached hydrogens (tertiary/aromatic N) is 1. The van der Waals surface area contributed by atoms with Gasteiger partial charge in [0, 0.05) is 16.6 Å². The highest BCUT2D eigenvalue weighted by molar-refractivity contribution is 7.13. The number of rotatable bonds is 6.